The highest BCUT2D eigenvalue weighted by Gasteiger charge is 2.11. The van der Waals surface area contributed by atoms with Crippen LogP contribution in [0.25, 0.3) is 0 Å². The summed E-state index contributed by atoms with van der Waals surface area (Å²) >= 11 is 4.97. The van der Waals surface area contributed by atoms with E-state index in [1.165, 1.54) is 0 Å². The fourth-order valence-corrected chi connectivity index (χ4v) is 1.29. The second-order valence-electron chi connectivity index (χ2n) is 4.70. The molecule has 1 rings (SSSR count). The third-order valence-corrected chi connectivity index (χ3v) is 2.12. The quantitative estimate of drug-likeness (QED) is 0.771. The lowest BCUT2D eigenvalue weighted by Gasteiger charge is -2.20. The van der Waals surface area contributed by atoms with Gasteiger partial charge >= 0.3 is 0 Å². The van der Waals surface area contributed by atoms with Crippen molar-refractivity contribution in [2.24, 2.45) is 11.1 Å². The Balaban J connectivity index is 2.81. The van der Waals surface area contributed by atoms with Crippen molar-refractivity contribution in [3.05, 3.63) is 24.0 Å². The van der Waals surface area contributed by atoms with E-state index >= 15 is 0 Å². The number of pyridine rings is 1. The van der Waals surface area contributed by atoms with E-state index < -0.39 is 0 Å². The first-order valence-electron chi connectivity index (χ1n) is 4.88. The van der Waals surface area contributed by atoms with E-state index in [1.807, 2.05) is 6.07 Å². The Labute approximate surface area is 96.1 Å². The molecule has 1 aromatic heterocycles. The zero-order chi connectivity index (χ0) is 11.5. The minimum atomic E-state index is 0.212. The molecule has 0 spiro atoms. The molecule has 3 N–H and O–H groups in total. The Bertz CT molecular complexity index is 355. The Kier molecular flexibility index (Phi) is 3.63. The minimum Gasteiger partial charge on any atom is -0.389 e. The number of rotatable bonds is 3. The zero-order valence-electron chi connectivity index (χ0n) is 9.37. The summed E-state index contributed by atoms with van der Waals surface area (Å²) in [6.45, 7) is 7.35. The van der Waals surface area contributed by atoms with E-state index in [0.29, 0.717) is 4.99 Å². The monoisotopic (exact) mass is 223 g/mol. The van der Waals surface area contributed by atoms with Crippen LogP contribution in [0.15, 0.2) is 18.5 Å². The summed E-state index contributed by atoms with van der Waals surface area (Å²) in [4.78, 5) is 4.45. The normalized spacial score (nSPS) is 11.1. The van der Waals surface area contributed by atoms with Gasteiger partial charge in [0.1, 0.15) is 4.99 Å². The van der Waals surface area contributed by atoms with Gasteiger partial charge in [0, 0.05) is 18.3 Å². The lowest BCUT2D eigenvalue weighted by molar-refractivity contribution is 0.443. The van der Waals surface area contributed by atoms with Crippen molar-refractivity contribution >= 4 is 22.9 Å². The molecule has 0 radical (unpaired) electrons. The molecule has 0 unspecified atom stereocenters. The summed E-state index contributed by atoms with van der Waals surface area (Å²) in [5, 5.41) is 3.30. The first kappa shape index (κ1) is 11.9. The average Bonchev–Trinajstić information content (AvgIpc) is 2.14. The Morgan fingerprint density at radius 2 is 2.20 bits per heavy atom. The lowest BCUT2D eigenvalue weighted by atomic mass is 9.97. The van der Waals surface area contributed by atoms with E-state index in [0.717, 1.165) is 17.8 Å². The summed E-state index contributed by atoms with van der Waals surface area (Å²) in [6.07, 6.45) is 3.44. The van der Waals surface area contributed by atoms with Crippen LogP contribution in [0.3, 0.4) is 0 Å². The van der Waals surface area contributed by atoms with Crippen molar-refractivity contribution in [2.75, 3.05) is 11.9 Å². The van der Waals surface area contributed by atoms with E-state index in [4.69, 9.17) is 18.0 Å². The Morgan fingerprint density at radius 3 is 2.73 bits per heavy atom. The van der Waals surface area contributed by atoms with Gasteiger partial charge in [0.05, 0.1) is 11.9 Å². The molecule has 0 bridgehead atoms. The minimum absolute atomic E-state index is 0.212. The molecule has 82 valence electrons. The third-order valence-electron chi connectivity index (χ3n) is 1.90. The van der Waals surface area contributed by atoms with Crippen molar-refractivity contribution < 1.29 is 0 Å². The molecule has 0 saturated heterocycles. The molecule has 1 aromatic rings. The molecule has 15 heavy (non-hydrogen) atoms. The van der Waals surface area contributed by atoms with E-state index in [9.17, 15) is 0 Å². The number of nitrogens with one attached hydrogen (secondary N) is 1. The number of nitrogens with zero attached hydrogens (tertiary/aromatic N) is 1. The average molecular weight is 223 g/mol. The van der Waals surface area contributed by atoms with Crippen molar-refractivity contribution in [1.29, 1.82) is 0 Å². The number of thiocarbonyl (C=S) groups is 1. The first-order valence-corrected chi connectivity index (χ1v) is 5.29. The van der Waals surface area contributed by atoms with Crippen LogP contribution in [0.2, 0.25) is 0 Å². The zero-order valence-corrected chi connectivity index (χ0v) is 10.2. The van der Waals surface area contributed by atoms with Crippen molar-refractivity contribution in [3.8, 4) is 0 Å². The van der Waals surface area contributed by atoms with Gasteiger partial charge in [0.15, 0.2) is 0 Å². The second kappa shape index (κ2) is 4.57. The van der Waals surface area contributed by atoms with Crippen LogP contribution in [0.1, 0.15) is 26.3 Å². The van der Waals surface area contributed by atoms with Crippen molar-refractivity contribution in [2.45, 2.75) is 20.8 Å². The lowest BCUT2D eigenvalue weighted by Crippen LogP contribution is -2.21. The molecule has 0 aliphatic heterocycles. The van der Waals surface area contributed by atoms with Gasteiger partial charge in [-0.15, -0.1) is 0 Å². The molecule has 1 heterocycles. The molecule has 4 heteroatoms. The molecule has 0 atom stereocenters. The SMILES string of the molecule is CC(C)(C)CNc1cnccc1C(N)=S. The number of anilines is 1. The van der Waals surface area contributed by atoms with Crippen molar-refractivity contribution in [3.63, 3.8) is 0 Å². The van der Waals surface area contributed by atoms with Gasteiger partial charge in [0.25, 0.3) is 0 Å². The molecule has 0 aromatic carbocycles. The number of nitrogens with two attached hydrogens (primary N) is 1. The molecule has 3 nitrogen and oxygen atoms in total. The van der Waals surface area contributed by atoms with Gasteiger partial charge in [0.2, 0.25) is 0 Å². The van der Waals surface area contributed by atoms with Crippen LogP contribution in [0, 0.1) is 5.41 Å². The number of hydrogen-bond donors (Lipinski definition) is 2. The van der Waals surface area contributed by atoms with Crippen LogP contribution in [-0.4, -0.2) is 16.5 Å². The van der Waals surface area contributed by atoms with Gasteiger partial charge in [-0.25, -0.2) is 0 Å². The molecule has 0 saturated carbocycles. The van der Waals surface area contributed by atoms with Crippen LogP contribution in [0.5, 0.6) is 0 Å². The maximum atomic E-state index is 5.62. The van der Waals surface area contributed by atoms with Crippen LogP contribution in [-0.2, 0) is 0 Å². The van der Waals surface area contributed by atoms with Crippen LogP contribution in [0.4, 0.5) is 5.69 Å². The molecule has 0 aliphatic carbocycles. The summed E-state index contributed by atoms with van der Waals surface area (Å²) in [5.74, 6) is 0. The molecule has 0 amide bonds. The van der Waals surface area contributed by atoms with E-state index in [-0.39, 0.29) is 5.41 Å². The third kappa shape index (κ3) is 3.83. The standard InChI is InChI=1S/C11H17N3S/c1-11(2,3)7-14-9-6-13-5-4-8(9)10(12)15/h4-6,14H,7H2,1-3H3,(H2,12,15). The fourth-order valence-electron chi connectivity index (χ4n) is 1.11. The molecule has 0 fully saturated rings. The van der Waals surface area contributed by atoms with Gasteiger partial charge in [-0.3, -0.25) is 4.98 Å². The summed E-state index contributed by atoms with van der Waals surface area (Å²) in [5.41, 5.74) is 7.58. The van der Waals surface area contributed by atoms with E-state index in [2.05, 4.69) is 31.1 Å². The Hall–Kier alpha value is -1.16. The number of hydrogen-bond acceptors (Lipinski definition) is 3. The van der Waals surface area contributed by atoms with Crippen molar-refractivity contribution in [1.82, 2.24) is 4.98 Å². The molecule has 0 aliphatic rings. The van der Waals surface area contributed by atoms with Gasteiger partial charge in [-0.2, -0.15) is 0 Å². The topological polar surface area (TPSA) is 50.9 Å². The first-order chi connectivity index (χ1) is 6.90. The second-order valence-corrected chi connectivity index (χ2v) is 5.14. The largest absolute Gasteiger partial charge is 0.389 e. The van der Waals surface area contributed by atoms with E-state index in [1.54, 1.807) is 12.4 Å². The molecular formula is C11H17N3S. The predicted molar refractivity (Wildman–Crippen MR) is 68.1 cm³/mol. The van der Waals surface area contributed by atoms with Crippen LogP contribution < -0.4 is 11.1 Å². The number of aromatic nitrogens is 1. The predicted octanol–water partition coefficient (Wildman–Crippen LogP) is 2.17. The molecular weight excluding hydrogens is 206 g/mol. The summed E-state index contributed by atoms with van der Waals surface area (Å²) < 4.78 is 0. The van der Waals surface area contributed by atoms with Gasteiger partial charge in [-0.05, 0) is 11.5 Å². The fraction of sp³-hybridized carbons (Fsp3) is 0.455. The highest BCUT2D eigenvalue weighted by atomic mass is 32.1. The summed E-state index contributed by atoms with van der Waals surface area (Å²) in [6, 6.07) is 1.83. The van der Waals surface area contributed by atoms with Crippen LogP contribution >= 0.6 is 12.2 Å². The maximum absolute atomic E-state index is 5.62. The van der Waals surface area contributed by atoms with Gasteiger partial charge in [-0.1, -0.05) is 33.0 Å². The van der Waals surface area contributed by atoms with Gasteiger partial charge < -0.3 is 11.1 Å². The Morgan fingerprint density at radius 1 is 1.53 bits per heavy atom. The highest BCUT2D eigenvalue weighted by molar-refractivity contribution is 7.80. The highest BCUT2D eigenvalue weighted by Crippen LogP contribution is 2.17. The maximum Gasteiger partial charge on any atom is 0.106 e. The summed E-state index contributed by atoms with van der Waals surface area (Å²) in [7, 11) is 0. The smallest absolute Gasteiger partial charge is 0.106 e.